The van der Waals surface area contributed by atoms with Gasteiger partial charge in [0.25, 0.3) is 6.47 Å². The van der Waals surface area contributed by atoms with E-state index >= 15 is 0 Å². The van der Waals surface area contributed by atoms with Crippen molar-refractivity contribution in [2.75, 3.05) is 7.11 Å². The lowest BCUT2D eigenvalue weighted by molar-refractivity contribution is -0.123. The van der Waals surface area contributed by atoms with E-state index in [2.05, 4.69) is 4.74 Å². The Morgan fingerprint density at radius 2 is 1.16 bits per heavy atom. The van der Waals surface area contributed by atoms with Gasteiger partial charge in [-0.2, -0.15) is 0 Å². The Hall–Kier alpha value is -4.13. The number of carbonyl (C=O) groups excluding carboxylic acids is 1. The van der Waals surface area contributed by atoms with E-state index in [0.29, 0.717) is 28.0 Å². The molecule has 0 unspecified atom stereocenters. The molecule has 0 fully saturated rings. The van der Waals surface area contributed by atoms with Gasteiger partial charge >= 0.3 is 0 Å². The number of ether oxygens (including phenoxy) is 4. The fourth-order valence-electron chi connectivity index (χ4n) is 2.77. The second kappa shape index (κ2) is 10.6. The molecule has 31 heavy (non-hydrogen) atoms. The fourth-order valence-corrected chi connectivity index (χ4v) is 2.77. The number of rotatable bonds is 9. The van der Waals surface area contributed by atoms with Crippen molar-refractivity contribution in [2.24, 2.45) is 0 Å². The van der Waals surface area contributed by atoms with E-state index in [9.17, 15) is 13.6 Å². The van der Waals surface area contributed by atoms with Gasteiger partial charge in [-0.1, -0.05) is 24.3 Å². The summed E-state index contributed by atoms with van der Waals surface area (Å²) in [6, 6.07) is 15.7. The molecule has 0 aliphatic heterocycles. The number of halogens is 2. The Morgan fingerprint density at radius 3 is 1.58 bits per heavy atom. The summed E-state index contributed by atoms with van der Waals surface area (Å²) in [5.41, 5.74) is 2.02. The lowest BCUT2D eigenvalue weighted by Gasteiger charge is -2.09. The molecule has 3 aromatic carbocycles. The molecule has 0 atom stereocenters. The van der Waals surface area contributed by atoms with Crippen molar-refractivity contribution in [3.05, 3.63) is 97.3 Å². The van der Waals surface area contributed by atoms with Crippen LogP contribution >= 0.6 is 0 Å². The van der Waals surface area contributed by atoms with Crippen molar-refractivity contribution < 1.29 is 32.5 Å². The molecular weight excluding hydrogens is 406 g/mol. The topological polar surface area (TPSA) is 54.0 Å². The van der Waals surface area contributed by atoms with Gasteiger partial charge in [0.15, 0.2) is 0 Å². The summed E-state index contributed by atoms with van der Waals surface area (Å²) in [5.74, 6) is -0.362. The fraction of sp³-hybridized carbons (Fsp3) is 0.0417. The van der Waals surface area contributed by atoms with Crippen LogP contribution in [0.4, 0.5) is 8.78 Å². The van der Waals surface area contributed by atoms with Gasteiger partial charge in [-0.05, 0) is 35.4 Å². The second-order valence-corrected chi connectivity index (χ2v) is 6.11. The summed E-state index contributed by atoms with van der Waals surface area (Å²) in [5, 5.41) is 0. The molecule has 0 amide bonds. The van der Waals surface area contributed by atoms with Crippen molar-refractivity contribution in [1.29, 1.82) is 0 Å². The molecule has 0 aromatic heterocycles. The summed E-state index contributed by atoms with van der Waals surface area (Å²) in [6.45, 7) is 0.238. The minimum Gasteiger partial charge on any atom is -0.501 e. The number of carbonyl (C=O) groups is 1. The minimum atomic E-state index is -0.494. The van der Waals surface area contributed by atoms with Crippen molar-refractivity contribution >= 4 is 6.47 Å². The molecule has 0 heterocycles. The zero-order valence-electron chi connectivity index (χ0n) is 16.5. The molecule has 0 saturated heterocycles. The van der Waals surface area contributed by atoms with Gasteiger partial charge < -0.3 is 18.9 Å². The highest BCUT2D eigenvalue weighted by molar-refractivity contribution is 5.71. The molecule has 158 valence electrons. The second-order valence-electron chi connectivity index (χ2n) is 6.11. The lowest BCUT2D eigenvalue weighted by atomic mass is 9.99. The summed E-state index contributed by atoms with van der Waals surface area (Å²) in [7, 11) is 1.48. The van der Waals surface area contributed by atoms with Crippen LogP contribution in [0.1, 0.15) is 0 Å². The van der Waals surface area contributed by atoms with E-state index in [4.69, 9.17) is 14.2 Å². The average molecular weight is 424 g/mol. The molecule has 0 saturated carbocycles. The highest BCUT2D eigenvalue weighted by atomic mass is 19.1. The summed E-state index contributed by atoms with van der Waals surface area (Å²) in [6.07, 6.45) is 4.80. The van der Waals surface area contributed by atoms with Crippen LogP contribution in [0.2, 0.25) is 0 Å². The third-order valence-corrected chi connectivity index (χ3v) is 4.18. The van der Waals surface area contributed by atoms with Gasteiger partial charge in [0, 0.05) is 23.3 Å². The number of benzene rings is 3. The van der Waals surface area contributed by atoms with E-state index in [-0.39, 0.29) is 12.2 Å². The molecule has 7 heteroatoms. The molecule has 0 aliphatic rings. The first kappa shape index (κ1) is 21.6. The monoisotopic (exact) mass is 424 g/mol. The van der Waals surface area contributed by atoms with Gasteiger partial charge in [-0.3, -0.25) is 4.79 Å². The van der Waals surface area contributed by atoms with Crippen LogP contribution < -0.4 is 9.47 Å². The average Bonchev–Trinajstić information content (AvgIpc) is 2.77. The lowest BCUT2D eigenvalue weighted by Crippen LogP contribution is -1.90. The van der Waals surface area contributed by atoms with Gasteiger partial charge in [-0.25, -0.2) is 8.78 Å². The maximum absolute atomic E-state index is 14.5. The molecule has 0 spiro atoms. The van der Waals surface area contributed by atoms with E-state index in [1.807, 2.05) is 0 Å². The Morgan fingerprint density at radius 1 is 0.677 bits per heavy atom. The van der Waals surface area contributed by atoms with Gasteiger partial charge in [0.2, 0.25) is 0 Å². The predicted molar refractivity (Wildman–Crippen MR) is 111 cm³/mol. The van der Waals surface area contributed by atoms with Crippen LogP contribution in [0.3, 0.4) is 0 Å². The largest absolute Gasteiger partial charge is 0.501 e. The van der Waals surface area contributed by atoms with Crippen molar-refractivity contribution in [2.45, 2.75) is 0 Å². The molecule has 5 nitrogen and oxygen atoms in total. The maximum atomic E-state index is 14.5. The van der Waals surface area contributed by atoms with Gasteiger partial charge in [0.05, 0.1) is 7.11 Å². The highest BCUT2D eigenvalue weighted by Gasteiger charge is 2.10. The maximum Gasteiger partial charge on any atom is 0.298 e. The third-order valence-electron chi connectivity index (χ3n) is 4.18. The Bertz CT molecular complexity index is 1090. The smallest absolute Gasteiger partial charge is 0.298 e. The SMILES string of the molecule is CO/C=C\Oc1ccc(-c2ccc(-c3ccc(O/C=C\OC=O)cc3F)cc2)c(F)c1. The summed E-state index contributed by atoms with van der Waals surface area (Å²) in [4.78, 5) is 10.0. The number of hydrogen-bond acceptors (Lipinski definition) is 5. The van der Waals surface area contributed by atoms with E-state index in [0.717, 1.165) is 12.5 Å². The van der Waals surface area contributed by atoms with Crippen molar-refractivity contribution in [1.82, 2.24) is 0 Å². The van der Waals surface area contributed by atoms with Crippen molar-refractivity contribution in [3.8, 4) is 33.8 Å². The Balaban J connectivity index is 1.75. The molecule has 0 radical (unpaired) electrons. The third kappa shape index (κ3) is 5.70. The summed E-state index contributed by atoms with van der Waals surface area (Å²) < 4.78 is 48.4. The van der Waals surface area contributed by atoms with Crippen LogP contribution in [0.25, 0.3) is 22.3 Å². The van der Waals surface area contributed by atoms with Crippen LogP contribution in [-0.4, -0.2) is 13.6 Å². The van der Waals surface area contributed by atoms with E-state index < -0.39 is 11.6 Å². The molecule has 3 aromatic rings. The van der Waals surface area contributed by atoms with E-state index in [1.165, 1.54) is 31.8 Å². The molecule has 0 bridgehead atoms. The first-order chi connectivity index (χ1) is 15.1. The molecule has 0 aliphatic carbocycles. The van der Waals surface area contributed by atoms with Crippen LogP contribution in [-0.2, 0) is 14.3 Å². The van der Waals surface area contributed by atoms with Crippen LogP contribution in [0.15, 0.2) is 85.7 Å². The highest BCUT2D eigenvalue weighted by Crippen LogP contribution is 2.31. The summed E-state index contributed by atoms with van der Waals surface area (Å²) >= 11 is 0. The first-order valence-corrected chi connectivity index (χ1v) is 9.07. The predicted octanol–water partition coefficient (Wildman–Crippen LogP) is 5.82. The number of methoxy groups -OCH3 is 1. The molecule has 3 rings (SSSR count). The van der Waals surface area contributed by atoms with Crippen LogP contribution in [0.5, 0.6) is 11.5 Å². The van der Waals surface area contributed by atoms with Crippen molar-refractivity contribution in [3.63, 3.8) is 0 Å². The zero-order chi connectivity index (χ0) is 22.1. The normalized spacial score (nSPS) is 10.9. The first-order valence-electron chi connectivity index (χ1n) is 9.07. The van der Waals surface area contributed by atoms with E-state index in [1.54, 1.807) is 48.5 Å². The molecular formula is C24H18F2O5. The quantitative estimate of drug-likeness (QED) is 0.320. The molecule has 0 N–H and O–H groups in total. The zero-order valence-corrected chi connectivity index (χ0v) is 16.5. The van der Waals surface area contributed by atoms with Crippen LogP contribution in [0, 0.1) is 11.6 Å². The van der Waals surface area contributed by atoms with Gasteiger partial charge in [-0.15, -0.1) is 0 Å². The standard InChI is InChI=1S/C24H18F2O5/c1-28-10-12-30-19-6-8-21(23(25)14-19)17-2-4-18(5-3-17)22-9-7-20(15-24(22)26)31-13-11-29-16-27/h2-16H,1H3/b12-10-,13-11-. The minimum absolute atomic E-state index is 0.238. The van der Waals surface area contributed by atoms with Gasteiger partial charge in [0.1, 0.15) is 48.2 Å². The Labute approximate surface area is 177 Å². The number of hydrogen-bond donors (Lipinski definition) is 0. The Kier molecular flexibility index (Phi) is 7.37.